The van der Waals surface area contributed by atoms with Crippen molar-refractivity contribution < 1.29 is 9.53 Å². The molecule has 1 aliphatic rings. The predicted octanol–water partition coefficient (Wildman–Crippen LogP) is 2.15. The lowest BCUT2D eigenvalue weighted by Gasteiger charge is -2.32. The van der Waals surface area contributed by atoms with E-state index in [1.807, 2.05) is 30.1 Å². The van der Waals surface area contributed by atoms with Gasteiger partial charge in [-0.1, -0.05) is 12.1 Å². The number of aryl methyl sites for hydroxylation is 1. The molecule has 1 aromatic carbocycles. The molecule has 4 rings (SSSR count). The van der Waals surface area contributed by atoms with Crippen molar-refractivity contribution >= 4 is 16.9 Å². The number of fused-ring (bicyclic) bond motifs is 1. The van der Waals surface area contributed by atoms with Crippen LogP contribution in [0.5, 0.6) is 5.75 Å². The van der Waals surface area contributed by atoms with Gasteiger partial charge in [0.2, 0.25) is 5.91 Å². The van der Waals surface area contributed by atoms with E-state index in [1.165, 1.54) is 11.7 Å². The number of carbonyl (C=O) groups excluding carboxylic acids is 1. The minimum absolute atomic E-state index is 0.0191. The second-order valence-electron chi connectivity index (χ2n) is 7.21. The number of imidazole rings is 1. The monoisotopic (exact) mass is 380 g/mol. The van der Waals surface area contributed by atoms with Crippen LogP contribution in [0.25, 0.3) is 11.0 Å². The fourth-order valence-corrected chi connectivity index (χ4v) is 3.98. The van der Waals surface area contributed by atoms with Gasteiger partial charge in [-0.2, -0.15) is 0 Å². The van der Waals surface area contributed by atoms with E-state index in [0.717, 1.165) is 29.7 Å². The van der Waals surface area contributed by atoms with Crippen LogP contribution < -0.4 is 10.3 Å². The summed E-state index contributed by atoms with van der Waals surface area (Å²) in [4.78, 5) is 31.8. The zero-order valence-corrected chi connectivity index (χ0v) is 16.2. The van der Waals surface area contributed by atoms with E-state index in [9.17, 15) is 9.59 Å². The lowest BCUT2D eigenvalue weighted by molar-refractivity contribution is -0.133. The number of benzene rings is 1. The number of para-hydroxylation sites is 2. The number of nitrogens with zero attached hydrogens (tertiary/aromatic N) is 4. The highest BCUT2D eigenvalue weighted by molar-refractivity contribution is 5.77. The Morgan fingerprint density at radius 2 is 2.07 bits per heavy atom. The first-order chi connectivity index (χ1) is 13.6. The largest absolute Gasteiger partial charge is 0.491 e. The van der Waals surface area contributed by atoms with Gasteiger partial charge in [-0.05, 0) is 37.1 Å². The molecule has 0 aliphatic carbocycles. The zero-order chi connectivity index (χ0) is 19.7. The fourth-order valence-electron chi connectivity index (χ4n) is 3.98. The minimum Gasteiger partial charge on any atom is -0.491 e. The molecule has 2 aromatic heterocycles. The van der Waals surface area contributed by atoms with Gasteiger partial charge in [-0.15, -0.1) is 0 Å². The molecule has 1 aliphatic heterocycles. The Hall–Kier alpha value is -3.09. The summed E-state index contributed by atoms with van der Waals surface area (Å²) in [5, 5.41) is 0. The van der Waals surface area contributed by atoms with Crippen LogP contribution in [0.1, 0.15) is 24.6 Å². The normalized spacial score (nSPS) is 17.1. The summed E-state index contributed by atoms with van der Waals surface area (Å²) in [7, 11) is 3.48. The molecule has 1 atom stereocenters. The number of amides is 1. The molecule has 0 radical (unpaired) electrons. The van der Waals surface area contributed by atoms with Crippen molar-refractivity contribution in [3.05, 3.63) is 58.8 Å². The lowest BCUT2D eigenvalue weighted by Crippen LogP contribution is -2.42. The van der Waals surface area contributed by atoms with E-state index in [4.69, 9.17) is 9.72 Å². The molecule has 1 fully saturated rings. The second kappa shape index (κ2) is 7.50. The Morgan fingerprint density at radius 1 is 1.25 bits per heavy atom. The molecule has 0 saturated carbocycles. The molecule has 3 heterocycles. The quantitative estimate of drug-likeness (QED) is 0.695. The third-order valence-corrected chi connectivity index (χ3v) is 5.47. The second-order valence-corrected chi connectivity index (χ2v) is 7.21. The van der Waals surface area contributed by atoms with E-state index in [2.05, 4.69) is 10.6 Å². The standard InChI is InChI=1S/C21H24N4O3/c1-23-17-9-4-3-8-16(17)22-20(23)15-7-5-11-24(13-15)19(26)14-25-12-6-10-18(28-2)21(25)27/h3-4,6,8-10,12,15H,5,7,11,13-14H2,1-2H3. The Labute approximate surface area is 163 Å². The summed E-state index contributed by atoms with van der Waals surface area (Å²) in [6.45, 7) is 1.35. The van der Waals surface area contributed by atoms with Gasteiger partial charge in [0.15, 0.2) is 5.75 Å². The number of carbonyl (C=O) groups is 1. The summed E-state index contributed by atoms with van der Waals surface area (Å²) >= 11 is 0. The number of methoxy groups -OCH3 is 1. The molecular formula is C21H24N4O3. The van der Waals surface area contributed by atoms with E-state index in [1.54, 1.807) is 18.3 Å². The van der Waals surface area contributed by atoms with Crippen LogP contribution in [0.15, 0.2) is 47.4 Å². The number of pyridine rings is 1. The van der Waals surface area contributed by atoms with Crippen LogP contribution >= 0.6 is 0 Å². The van der Waals surface area contributed by atoms with Crippen molar-refractivity contribution in [1.29, 1.82) is 0 Å². The molecule has 7 heteroatoms. The predicted molar refractivity (Wildman–Crippen MR) is 107 cm³/mol. The van der Waals surface area contributed by atoms with Crippen LogP contribution in [0.3, 0.4) is 0 Å². The molecule has 146 valence electrons. The first-order valence-corrected chi connectivity index (χ1v) is 9.51. The molecule has 0 spiro atoms. The first-order valence-electron chi connectivity index (χ1n) is 9.51. The zero-order valence-electron chi connectivity index (χ0n) is 16.2. The van der Waals surface area contributed by atoms with Crippen molar-refractivity contribution in [2.45, 2.75) is 25.3 Å². The van der Waals surface area contributed by atoms with E-state index in [-0.39, 0.29) is 29.7 Å². The number of piperidine rings is 1. The van der Waals surface area contributed by atoms with Gasteiger partial charge in [0, 0.05) is 32.3 Å². The van der Waals surface area contributed by atoms with Gasteiger partial charge in [-0.3, -0.25) is 9.59 Å². The van der Waals surface area contributed by atoms with Gasteiger partial charge < -0.3 is 18.8 Å². The van der Waals surface area contributed by atoms with Crippen LogP contribution in [0.2, 0.25) is 0 Å². The molecular weight excluding hydrogens is 356 g/mol. The number of hydrogen-bond donors (Lipinski definition) is 0. The maximum Gasteiger partial charge on any atom is 0.293 e. The smallest absolute Gasteiger partial charge is 0.293 e. The summed E-state index contributed by atoms with van der Waals surface area (Å²) < 4.78 is 8.59. The highest BCUT2D eigenvalue weighted by atomic mass is 16.5. The fraction of sp³-hybridized carbons (Fsp3) is 0.381. The molecule has 0 bridgehead atoms. The van der Waals surface area contributed by atoms with Crippen molar-refractivity contribution in [2.75, 3.05) is 20.2 Å². The topological polar surface area (TPSA) is 69.4 Å². The van der Waals surface area contributed by atoms with Crippen molar-refractivity contribution in [1.82, 2.24) is 19.0 Å². The molecule has 0 N–H and O–H groups in total. The number of hydrogen-bond acceptors (Lipinski definition) is 4. The molecule has 1 saturated heterocycles. The number of aromatic nitrogens is 3. The number of rotatable bonds is 4. The lowest BCUT2D eigenvalue weighted by atomic mass is 9.97. The Kier molecular flexibility index (Phi) is 4.90. The third-order valence-electron chi connectivity index (χ3n) is 5.47. The van der Waals surface area contributed by atoms with Crippen molar-refractivity contribution in [2.24, 2.45) is 7.05 Å². The van der Waals surface area contributed by atoms with Gasteiger partial charge in [0.05, 0.1) is 18.1 Å². The Balaban J connectivity index is 1.53. The first kappa shape index (κ1) is 18.3. The summed E-state index contributed by atoms with van der Waals surface area (Å²) in [5.41, 5.74) is 1.79. The van der Waals surface area contributed by atoms with Crippen LogP contribution in [0, 0.1) is 0 Å². The van der Waals surface area contributed by atoms with E-state index in [0.29, 0.717) is 13.1 Å². The maximum atomic E-state index is 12.9. The molecule has 28 heavy (non-hydrogen) atoms. The molecule has 7 nitrogen and oxygen atoms in total. The van der Waals surface area contributed by atoms with Crippen molar-refractivity contribution in [3.8, 4) is 5.75 Å². The van der Waals surface area contributed by atoms with Crippen LogP contribution in [0.4, 0.5) is 0 Å². The molecule has 3 aromatic rings. The average molecular weight is 380 g/mol. The minimum atomic E-state index is -0.290. The SMILES string of the molecule is COc1cccn(CC(=O)N2CCCC(c3nc4ccccc4n3C)C2)c1=O. The van der Waals surface area contributed by atoms with E-state index < -0.39 is 0 Å². The Morgan fingerprint density at radius 3 is 2.86 bits per heavy atom. The maximum absolute atomic E-state index is 12.9. The highest BCUT2D eigenvalue weighted by Gasteiger charge is 2.28. The van der Waals surface area contributed by atoms with Crippen LogP contribution in [-0.2, 0) is 18.4 Å². The van der Waals surface area contributed by atoms with Gasteiger partial charge in [0.1, 0.15) is 12.4 Å². The number of likely N-dealkylation sites (tertiary alicyclic amines) is 1. The van der Waals surface area contributed by atoms with Gasteiger partial charge >= 0.3 is 0 Å². The van der Waals surface area contributed by atoms with Gasteiger partial charge in [0.25, 0.3) is 5.56 Å². The van der Waals surface area contributed by atoms with E-state index >= 15 is 0 Å². The average Bonchev–Trinajstić information content (AvgIpc) is 3.06. The van der Waals surface area contributed by atoms with Gasteiger partial charge in [-0.25, -0.2) is 4.98 Å². The molecule has 1 amide bonds. The molecule has 1 unspecified atom stereocenters. The summed E-state index contributed by atoms with van der Waals surface area (Å²) in [6, 6.07) is 11.4. The Bertz CT molecular complexity index is 1070. The van der Waals surface area contributed by atoms with Crippen molar-refractivity contribution in [3.63, 3.8) is 0 Å². The van der Waals surface area contributed by atoms with Crippen LogP contribution in [-0.4, -0.2) is 45.1 Å². The summed E-state index contributed by atoms with van der Waals surface area (Å²) in [5.74, 6) is 1.39. The number of ether oxygens (including phenoxy) is 1. The summed E-state index contributed by atoms with van der Waals surface area (Å²) in [6.07, 6.45) is 3.54. The third kappa shape index (κ3) is 3.28. The highest BCUT2D eigenvalue weighted by Crippen LogP contribution is 2.28.